The van der Waals surface area contributed by atoms with Gasteiger partial charge in [-0.25, -0.2) is 9.97 Å². The fraction of sp³-hybridized carbons (Fsp3) is 0.389. The monoisotopic (exact) mass is 325 g/mol. The van der Waals surface area contributed by atoms with Crippen LogP contribution in [0.3, 0.4) is 0 Å². The van der Waals surface area contributed by atoms with Crippen LogP contribution in [0.4, 0.5) is 0 Å². The number of amides is 1. The van der Waals surface area contributed by atoms with Gasteiger partial charge in [0.2, 0.25) is 6.10 Å². The third-order valence-electron chi connectivity index (χ3n) is 4.28. The van der Waals surface area contributed by atoms with Crippen molar-refractivity contribution in [3.05, 3.63) is 48.0 Å². The Morgan fingerprint density at radius 1 is 1.25 bits per heavy atom. The maximum absolute atomic E-state index is 12.6. The van der Waals surface area contributed by atoms with E-state index in [0.29, 0.717) is 23.2 Å². The Labute approximate surface area is 140 Å². The summed E-state index contributed by atoms with van der Waals surface area (Å²) in [6.45, 7) is 2.13. The summed E-state index contributed by atoms with van der Waals surface area (Å²) in [7, 11) is 0. The molecule has 6 nitrogen and oxygen atoms in total. The van der Waals surface area contributed by atoms with Gasteiger partial charge in [0.15, 0.2) is 17.3 Å². The maximum Gasteiger partial charge on any atom is 0.265 e. The number of hydrogen-bond acceptors (Lipinski definition) is 5. The standard InChI is InChI=1S/C18H19N3O3/c1-11-8-9-19-17(20-11)16(12-6-7-12)21-18(22)15-10-23-13-4-2-3-5-14(13)24-15/h2-5,8-9,12,15-16H,6-7,10H2,1H3,(H,21,22). The minimum absolute atomic E-state index is 0.168. The van der Waals surface area contributed by atoms with Crippen molar-refractivity contribution in [2.75, 3.05) is 6.61 Å². The van der Waals surface area contributed by atoms with E-state index in [4.69, 9.17) is 9.47 Å². The van der Waals surface area contributed by atoms with Crippen LogP contribution in [0.5, 0.6) is 11.5 Å². The maximum atomic E-state index is 12.6. The summed E-state index contributed by atoms with van der Waals surface area (Å²) in [5.41, 5.74) is 0.895. The van der Waals surface area contributed by atoms with Gasteiger partial charge in [-0.1, -0.05) is 12.1 Å². The van der Waals surface area contributed by atoms with Gasteiger partial charge in [0.25, 0.3) is 5.91 Å². The number of carbonyl (C=O) groups is 1. The Morgan fingerprint density at radius 2 is 2.04 bits per heavy atom. The molecule has 1 amide bonds. The van der Waals surface area contributed by atoms with Crippen molar-refractivity contribution in [3.8, 4) is 11.5 Å². The van der Waals surface area contributed by atoms with Crippen LogP contribution >= 0.6 is 0 Å². The molecule has 0 spiro atoms. The first kappa shape index (κ1) is 14.9. The lowest BCUT2D eigenvalue weighted by Gasteiger charge is -2.27. The minimum Gasteiger partial charge on any atom is -0.485 e. The second-order valence-electron chi connectivity index (χ2n) is 6.24. The molecule has 2 aromatic rings. The SMILES string of the molecule is Cc1ccnc(C(NC(=O)C2COc3ccccc3O2)C2CC2)n1. The van der Waals surface area contributed by atoms with Crippen LogP contribution < -0.4 is 14.8 Å². The number of aromatic nitrogens is 2. The lowest BCUT2D eigenvalue weighted by molar-refractivity contribution is -0.131. The zero-order valence-corrected chi connectivity index (χ0v) is 13.4. The fourth-order valence-electron chi connectivity index (χ4n) is 2.84. The number of nitrogens with zero attached hydrogens (tertiary/aromatic N) is 2. The zero-order chi connectivity index (χ0) is 16.5. The Kier molecular flexibility index (Phi) is 3.80. The number of ether oxygens (including phenoxy) is 2. The molecule has 2 aliphatic rings. The summed E-state index contributed by atoms with van der Waals surface area (Å²) in [6.07, 6.45) is 3.22. The first-order valence-corrected chi connectivity index (χ1v) is 8.19. The minimum atomic E-state index is -0.661. The molecular weight excluding hydrogens is 306 g/mol. The predicted octanol–water partition coefficient (Wildman–Crippen LogP) is 2.19. The Balaban J connectivity index is 1.48. The molecule has 1 N–H and O–H groups in total. The summed E-state index contributed by atoms with van der Waals surface area (Å²) < 4.78 is 11.4. The first-order chi connectivity index (χ1) is 11.7. The van der Waals surface area contributed by atoms with Crippen molar-refractivity contribution < 1.29 is 14.3 Å². The number of carbonyl (C=O) groups excluding carboxylic acids is 1. The van der Waals surface area contributed by atoms with Gasteiger partial charge < -0.3 is 14.8 Å². The summed E-state index contributed by atoms with van der Waals surface area (Å²) in [5.74, 6) is 2.14. The molecule has 24 heavy (non-hydrogen) atoms. The average Bonchev–Trinajstić information content (AvgIpc) is 3.44. The van der Waals surface area contributed by atoms with Crippen molar-refractivity contribution >= 4 is 5.91 Å². The second kappa shape index (κ2) is 6.11. The third-order valence-corrected chi connectivity index (χ3v) is 4.28. The molecule has 1 fully saturated rings. The van der Waals surface area contributed by atoms with E-state index >= 15 is 0 Å². The van der Waals surface area contributed by atoms with Crippen molar-refractivity contribution in [2.45, 2.75) is 31.9 Å². The normalized spacial score (nSPS) is 20.3. The smallest absolute Gasteiger partial charge is 0.265 e. The lowest BCUT2D eigenvalue weighted by atomic mass is 10.1. The zero-order valence-electron chi connectivity index (χ0n) is 13.4. The van der Waals surface area contributed by atoms with E-state index in [1.807, 2.05) is 31.2 Å². The molecule has 4 rings (SSSR count). The number of aryl methyl sites for hydroxylation is 1. The molecule has 1 aromatic heterocycles. The largest absolute Gasteiger partial charge is 0.485 e. The van der Waals surface area contributed by atoms with Crippen LogP contribution in [-0.2, 0) is 4.79 Å². The highest BCUT2D eigenvalue weighted by Gasteiger charge is 2.37. The molecule has 1 aromatic carbocycles. The van der Waals surface area contributed by atoms with Crippen molar-refractivity contribution in [3.63, 3.8) is 0 Å². The quantitative estimate of drug-likeness (QED) is 0.933. The summed E-state index contributed by atoms with van der Waals surface area (Å²) >= 11 is 0. The number of nitrogens with one attached hydrogen (secondary N) is 1. The van der Waals surface area contributed by atoms with E-state index in [2.05, 4.69) is 15.3 Å². The Hall–Kier alpha value is -2.63. The highest BCUT2D eigenvalue weighted by Crippen LogP contribution is 2.40. The lowest BCUT2D eigenvalue weighted by Crippen LogP contribution is -2.45. The second-order valence-corrected chi connectivity index (χ2v) is 6.24. The van der Waals surface area contributed by atoms with Crippen LogP contribution in [0, 0.1) is 12.8 Å². The summed E-state index contributed by atoms with van der Waals surface area (Å²) in [6, 6.07) is 9.05. The van der Waals surface area contributed by atoms with Gasteiger partial charge in [-0.15, -0.1) is 0 Å². The van der Waals surface area contributed by atoms with Crippen LogP contribution in [0.1, 0.15) is 30.4 Å². The molecule has 2 heterocycles. The van der Waals surface area contributed by atoms with E-state index in [9.17, 15) is 4.79 Å². The van der Waals surface area contributed by atoms with Gasteiger partial charge in [0.1, 0.15) is 6.61 Å². The van der Waals surface area contributed by atoms with Gasteiger partial charge >= 0.3 is 0 Å². The highest BCUT2D eigenvalue weighted by molar-refractivity contribution is 5.82. The molecule has 6 heteroatoms. The van der Waals surface area contributed by atoms with Crippen LogP contribution in [-0.4, -0.2) is 28.6 Å². The highest BCUT2D eigenvalue weighted by atomic mass is 16.6. The summed E-state index contributed by atoms with van der Waals surface area (Å²) in [4.78, 5) is 21.4. The Bertz CT molecular complexity index is 761. The van der Waals surface area contributed by atoms with E-state index < -0.39 is 6.10 Å². The number of para-hydroxylation sites is 2. The predicted molar refractivity (Wildman–Crippen MR) is 86.7 cm³/mol. The molecule has 0 radical (unpaired) electrons. The topological polar surface area (TPSA) is 73.3 Å². The van der Waals surface area contributed by atoms with E-state index in [1.165, 1.54) is 0 Å². The van der Waals surface area contributed by atoms with Crippen molar-refractivity contribution in [2.24, 2.45) is 5.92 Å². The fourth-order valence-corrected chi connectivity index (χ4v) is 2.84. The summed E-state index contributed by atoms with van der Waals surface area (Å²) in [5, 5.41) is 3.05. The molecule has 2 unspecified atom stereocenters. The van der Waals surface area contributed by atoms with E-state index in [-0.39, 0.29) is 18.6 Å². The van der Waals surface area contributed by atoms with Gasteiger partial charge in [-0.05, 0) is 43.9 Å². The van der Waals surface area contributed by atoms with Crippen molar-refractivity contribution in [1.82, 2.24) is 15.3 Å². The van der Waals surface area contributed by atoms with E-state index in [1.54, 1.807) is 12.3 Å². The van der Waals surface area contributed by atoms with Gasteiger partial charge in [-0.3, -0.25) is 4.79 Å². The molecule has 2 atom stereocenters. The van der Waals surface area contributed by atoms with E-state index in [0.717, 1.165) is 18.5 Å². The molecule has 0 bridgehead atoms. The van der Waals surface area contributed by atoms with Crippen LogP contribution in [0.2, 0.25) is 0 Å². The van der Waals surface area contributed by atoms with Crippen molar-refractivity contribution in [1.29, 1.82) is 0 Å². The number of rotatable bonds is 4. The number of benzene rings is 1. The molecule has 124 valence electrons. The van der Waals surface area contributed by atoms with Gasteiger partial charge in [0.05, 0.1) is 6.04 Å². The molecule has 1 aliphatic heterocycles. The molecule has 1 aliphatic carbocycles. The van der Waals surface area contributed by atoms with Crippen LogP contribution in [0.25, 0.3) is 0 Å². The Morgan fingerprint density at radius 3 is 2.79 bits per heavy atom. The van der Waals surface area contributed by atoms with Gasteiger partial charge in [-0.2, -0.15) is 0 Å². The molecule has 0 saturated heterocycles. The van der Waals surface area contributed by atoms with Gasteiger partial charge in [0, 0.05) is 11.9 Å². The molecular formula is C18H19N3O3. The molecule has 1 saturated carbocycles. The first-order valence-electron chi connectivity index (χ1n) is 8.19. The number of hydrogen-bond donors (Lipinski definition) is 1. The van der Waals surface area contributed by atoms with Crippen LogP contribution in [0.15, 0.2) is 36.5 Å². The average molecular weight is 325 g/mol. The number of fused-ring (bicyclic) bond motifs is 1. The third kappa shape index (κ3) is 3.04.